The normalized spacial score (nSPS) is 12.3. The van der Waals surface area contributed by atoms with Gasteiger partial charge in [0.2, 0.25) is 10.0 Å². The van der Waals surface area contributed by atoms with Crippen molar-refractivity contribution in [3.63, 3.8) is 0 Å². The molecular weight excluding hydrogens is 355 g/mol. The monoisotopic (exact) mass is 378 g/mol. The van der Waals surface area contributed by atoms with Gasteiger partial charge in [-0.2, -0.15) is 0 Å². The van der Waals surface area contributed by atoms with Crippen molar-refractivity contribution >= 4 is 21.6 Å². The highest BCUT2D eigenvalue weighted by Crippen LogP contribution is 2.24. The number of benzene rings is 2. The van der Waals surface area contributed by atoms with Gasteiger partial charge in [0.15, 0.2) is 0 Å². The summed E-state index contributed by atoms with van der Waals surface area (Å²) in [4.78, 5) is 12.3. The highest BCUT2D eigenvalue weighted by atomic mass is 32.2. The predicted molar refractivity (Wildman–Crippen MR) is 100 cm³/mol. The second-order valence-electron chi connectivity index (χ2n) is 7.21. The summed E-state index contributed by atoms with van der Waals surface area (Å²) in [5.41, 5.74) is 1.25. The Balaban J connectivity index is 2.30. The Morgan fingerprint density at radius 3 is 2.12 bits per heavy atom. The number of amides is 1. The van der Waals surface area contributed by atoms with Gasteiger partial charge in [0, 0.05) is 19.8 Å². The predicted octanol–water partition coefficient (Wildman–Crippen LogP) is 3.63. The van der Waals surface area contributed by atoms with E-state index in [1.165, 1.54) is 14.1 Å². The van der Waals surface area contributed by atoms with E-state index in [1.807, 2.05) is 12.1 Å². The Hall–Kier alpha value is -2.25. The molecule has 2 aromatic carbocycles. The number of anilines is 1. The number of nitrogens with zero attached hydrogens (tertiary/aromatic N) is 1. The molecule has 26 heavy (non-hydrogen) atoms. The molecule has 0 heterocycles. The second-order valence-corrected chi connectivity index (χ2v) is 9.36. The molecule has 0 fully saturated rings. The topological polar surface area (TPSA) is 66.5 Å². The number of rotatable bonds is 4. The van der Waals surface area contributed by atoms with Gasteiger partial charge in [0.05, 0.1) is 10.5 Å². The smallest absolute Gasteiger partial charge is 0.258 e. The van der Waals surface area contributed by atoms with Crippen molar-refractivity contribution in [2.45, 2.75) is 31.1 Å². The third-order valence-electron chi connectivity index (χ3n) is 3.97. The first-order valence-corrected chi connectivity index (χ1v) is 9.51. The molecule has 140 valence electrons. The van der Waals surface area contributed by atoms with Crippen LogP contribution in [0.1, 0.15) is 36.7 Å². The lowest BCUT2D eigenvalue weighted by Crippen LogP contribution is -2.23. The maximum Gasteiger partial charge on any atom is 0.258 e. The van der Waals surface area contributed by atoms with Gasteiger partial charge in [-0.1, -0.05) is 32.9 Å². The van der Waals surface area contributed by atoms with Crippen LogP contribution in [0.2, 0.25) is 0 Å². The summed E-state index contributed by atoms with van der Waals surface area (Å²) in [6.45, 7) is 6.23. The van der Waals surface area contributed by atoms with Crippen molar-refractivity contribution < 1.29 is 17.6 Å². The molecule has 0 aliphatic carbocycles. The summed E-state index contributed by atoms with van der Waals surface area (Å²) in [5.74, 6) is -1.49. The molecule has 1 amide bonds. The molecule has 0 aliphatic rings. The van der Waals surface area contributed by atoms with Crippen LogP contribution in [-0.4, -0.2) is 32.7 Å². The molecule has 7 heteroatoms. The van der Waals surface area contributed by atoms with E-state index in [2.05, 4.69) is 26.1 Å². The van der Waals surface area contributed by atoms with E-state index in [0.717, 1.165) is 28.1 Å². The number of hydrogen-bond acceptors (Lipinski definition) is 3. The van der Waals surface area contributed by atoms with Crippen molar-refractivity contribution in [1.29, 1.82) is 0 Å². The molecule has 0 bridgehead atoms. The Labute approximate surface area is 153 Å². The number of halogens is 1. The molecule has 1 N–H and O–H groups in total. The molecule has 0 saturated heterocycles. The summed E-state index contributed by atoms with van der Waals surface area (Å²) >= 11 is 0. The second kappa shape index (κ2) is 7.17. The fourth-order valence-corrected chi connectivity index (χ4v) is 3.23. The molecule has 0 unspecified atom stereocenters. The van der Waals surface area contributed by atoms with Crippen LogP contribution >= 0.6 is 0 Å². The molecule has 2 aromatic rings. The quantitative estimate of drug-likeness (QED) is 0.884. The van der Waals surface area contributed by atoms with Gasteiger partial charge in [0.25, 0.3) is 5.91 Å². The highest BCUT2D eigenvalue weighted by Gasteiger charge is 2.21. The Morgan fingerprint density at radius 1 is 1.04 bits per heavy atom. The molecule has 0 spiro atoms. The third-order valence-corrected chi connectivity index (χ3v) is 5.78. The van der Waals surface area contributed by atoms with Crippen molar-refractivity contribution in [3.05, 3.63) is 59.4 Å². The summed E-state index contributed by atoms with van der Waals surface area (Å²) < 4.78 is 39.4. The lowest BCUT2D eigenvalue weighted by molar-refractivity contribution is 0.102. The fraction of sp³-hybridized carbons (Fsp3) is 0.316. The molecule has 0 aliphatic heterocycles. The van der Waals surface area contributed by atoms with Gasteiger partial charge in [-0.15, -0.1) is 0 Å². The average Bonchev–Trinajstić information content (AvgIpc) is 2.54. The molecular formula is C19H23FN2O3S. The summed E-state index contributed by atoms with van der Waals surface area (Å²) in [6, 6.07) is 10.4. The Morgan fingerprint density at radius 2 is 1.62 bits per heavy atom. The Kier molecular flexibility index (Phi) is 5.53. The molecule has 0 radical (unpaired) electrons. The van der Waals surface area contributed by atoms with Gasteiger partial charge in [0.1, 0.15) is 5.82 Å². The maximum atomic E-state index is 14.1. The SMILES string of the molecule is CN(C)S(=O)(=O)c1ccc(F)c(C(=O)Nc2ccc(C(C)(C)C)cc2)c1. The minimum absolute atomic E-state index is 0.0243. The lowest BCUT2D eigenvalue weighted by Gasteiger charge is -2.19. The average molecular weight is 378 g/mol. The zero-order chi connectivity index (χ0) is 19.7. The Bertz CT molecular complexity index is 915. The minimum atomic E-state index is -3.76. The van der Waals surface area contributed by atoms with Crippen LogP contribution in [0.4, 0.5) is 10.1 Å². The van der Waals surface area contributed by atoms with Gasteiger partial charge in [-0.05, 0) is 41.3 Å². The molecule has 0 saturated carbocycles. The van der Waals surface area contributed by atoms with Gasteiger partial charge in [-0.25, -0.2) is 17.1 Å². The van der Waals surface area contributed by atoms with Crippen LogP contribution in [0.25, 0.3) is 0 Å². The van der Waals surface area contributed by atoms with Crippen molar-refractivity contribution in [3.8, 4) is 0 Å². The van der Waals surface area contributed by atoms with Crippen LogP contribution in [0, 0.1) is 5.82 Å². The van der Waals surface area contributed by atoms with E-state index in [4.69, 9.17) is 0 Å². The maximum absolute atomic E-state index is 14.1. The van der Waals surface area contributed by atoms with Gasteiger partial charge in [-0.3, -0.25) is 4.79 Å². The first kappa shape index (κ1) is 20.1. The standard InChI is InChI=1S/C19H23FN2O3S/c1-19(2,3)13-6-8-14(9-7-13)21-18(23)16-12-15(10-11-17(16)20)26(24,25)22(4)5/h6-12H,1-5H3,(H,21,23). The number of sulfonamides is 1. The van der Waals surface area contributed by atoms with Crippen molar-refractivity contribution in [2.75, 3.05) is 19.4 Å². The highest BCUT2D eigenvalue weighted by molar-refractivity contribution is 7.89. The molecule has 2 rings (SSSR count). The van der Waals surface area contributed by atoms with Crippen LogP contribution in [0.5, 0.6) is 0 Å². The zero-order valence-corrected chi connectivity index (χ0v) is 16.3. The van der Waals surface area contributed by atoms with E-state index in [-0.39, 0.29) is 15.9 Å². The van der Waals surface area contributed by atoms with Crippen molar-refractivity contribution in [2.24, 2.45) is 0 Å². The van der Waals surface area contributed by atoms with E-state index in [0.29, 0.717) is 5.69 Å². The largest absolute Gasteiger partial charge is 0.322 e. The van der Waals surface area contributed by atoms with Gasteiger partial charge >= 0.3 is 0 Å². The number of hydrogen-bond donors (Lipinski definition) is 1. The minimum Gasteiger partial charge on any atom is -0.322 e. The van der Waals surface area contributed by atoms with Crippen molar-refractivity contribution in [1.82, 2.24) is 4.31 Å². The van der Waals surface area contributed by atoms with Crippen LogP contribution in [0.3, 0.4) is 0 Å². The summed E-state index contributed by atoms with van der Waals surface area (Å²) in [7, 11) is -1.02. The summed E-state index contributed by atoms with van der Waals surface area (Å²) in [6.07, 6.45) is 0. The first-order chi connectivity index (χ1) is 11.9. The lowest BCUT2D eigenvalue weighted by atomic mass is 9.87. The van der Waals surface area contributed by atoms with Crippen LogP contribution in [-0.2, 0) is 15.4 Å². The number of carbonyl (C=O) groups is 1. The third kappa shape index (κ3) is 4.28. The number of nitrogens with one attached hydrogen (secondary N) is 1. The van der Waals surface area contributed by atoms with E-state index < -0.39 is 21.7 Å². The van der Waals surface area contributed by atoms with E-state index in [1.54, 1.807) is 12.1 Å². The van der Waals surface area contributed by atoms with Crippen LogP contribution in [0.15, 0.2) is 47.4 Å². The van der Waals surface area contributed by atoms with Gasteiger partial charge < -0.3 is 5.32 Å². The summed E-state index contributed by atoms with van der Waals surface area (Å²) in [5, 5.41) is 2.60. The molecule has 5 nitrogen and oxygen atoms in total. The number of carbonyl (C=O) groups excluding carboxylic acids is 1. The fourth-order valence-electron chi connectivity index (χ4n) is 2.30. The van der Waals surface area contributed by atoms with E-state index >= 15 is 0 Å². The molecule has 0 atom stereocenters. The van der Waals surface area contributed by atoms with Crippen LogP contribution < -0.4 is 5.32 Å². The zero-order valence-electron chi connectivity index (χ0n) is 15.5. The van der Waals surface area contributed by atoms with E-state index in [9.17, 15) is 17.6 Å². The first-order valence-electron chi connectivity index (χ1n) is 8.07. The molecule has 0 aromatic heterocycles.